The van der Waals surface area contributed by atoms with Crippen LogP contribution in [0.3, 0.4) is 0 Å². The summed E-state index contributed by atoms with van der Waals surface area (Å²) in [6.45, 7) is 2.07. The molecule has 0 aliphatic rings. The summed E-state index contributed by atoms with van der Waals surface area (Å²) in [5.41, 5.74) is 0.925. The minimum Gasteiger partial charge on any atom is -0.309 e. The summed E-state index contributed by atoms with van der Waals surface area (Å²) in [5.74, 6) is -0.226. The van der Waals surface area contributed by atoms with Crippen LogP contribution in [-0.2, 0) is 0 Å². The van der Waals surface area contributed by atoms with E-state index in [1.165, 1.54) is 15.8 Å². The lowest BCUT2D eigenvalue weighted by molar-refractivity contribution is 0.609. The van der Waals surface area contributed by atoms with E-state index in [-0.39, 0.29) is 11.9 Å². The number of thiophene rings is 1. The van der Waals surface area contributed by atoms with Gasteiger partial charge in [0.1, 0.15) is 5.82 Å². The molecule has 1 aromatic heterocycles. The standard InChI is InChI=1S/C13H13BrFNS/c1-8-6-7-11(17-8)13(16-2)9-4-3-5-10(15)12(9)14/h3-7,13,16H,1-2H3. The highest BCUT2D eigenvalue weighted by Gasteiger charge is 2.18. The molecule has 1 atom stereocenters. The molecular formula is C13H13BrFNS. The average molecular weight is 314 g/mol. The second kappa shape index (κ2) is 5.29. The minimum atomic E-state index is -0.226. The van der Waals surface area contributed by atoms with Gasteiger partial charge >= 0.3 is 0 Å². The van der Waals surface area contributed by atoms with E-state index in [1.807, 2.05) is 13.1 Å². The van der Waals surface area contributed by atoms with Crippen LogP contribution in [0.4, 0.5) is 4.39 Å². The molecule has 0 aliphatic carbocycles. The van der Waals surface area contributed by atoms with Crippen LogP contribution < -0.4 is 5.32 Å². The molecule has 1 aromatic carbocycles. The molecular weight excluding hydrogens is 301 g/mol. The zero-order valence-electron chi connectivity index (χ0n) is 9.63. The van der Waals surface area contributed by atoms with E-state index < -0.39 is 0 Å². The summed E-state index contributed by atoms with van der Waals surface area (Å²) < 4.78 is 14.1. The highest BCUT2D eigenvalue weighted by Crippen LogP contribution is 2.33. The summed E-state index contributed by atoms with van der Waals surface area (Å²) >= 11 is 5.04. The predicted octanol–water partition coefficient (Wildman–Crippen LogP) is 4.27. The van der Waals surface area contributed by atoms with Crippen LogP contribution in [0.15, 0.2) is 34.8 Å². The maximum Gasteiger partial charge on any atom is 0.137 e. The van der Waals surface area contributed by atoms with Crippen molar-refractivity contribution in [2.24, 2.45) is 0 Å². The fraction of sp³-hybridized carbons (Fsp3) is 0.231. The molecule has 0 radical (unpaired) electrons. The van der Waals surface area contributed by atoms with E-state index in [2.05, 4.69) is 40.3 Å². The molecule has 4 heteroatoms. The van der Waals surface area contributed by atoms with Crippen molar-refractivity contribution < 1.29 is 4.39 Å². The monoisotopic (exact) mass is 313 g/mol. The maximum absolute atomic E-state index is 13.5. The topological polar surface area (TPSA) is 12.0 Å². The SMILES string of the molecule is CNC(c1ccc(C)s1)c1cccc(F)c1Br. The second-order valence-electron chi connectivity index (χ2n) is 3.81. The molecule has 0 saturated carbocycles. The van der Waals surface area contributed by atoms with Crippen molar-refractivity contribution in [2.45, 2.75) is 13.0 Å². The molecule has 0 fully saturated rings. The molecule has 17 heavy (non-hydrogen) atoms. The highest BCUT2D eigenvalue weighted by molar-refractivity contribution is 9.10. The highest BCUT2D eigenvalue weighted by atomic mass is 79.9. The zero-order chi connectivity index (χ0) is 12.4. The molecule has 0 amide bonds. The smallest absolute Gasteiger partial charge is 0.137 e. The first-order chi connectivity index (χ1) is 8.13. The lowest BCUT2D eigenvalue weighted by atomic mass is 10.1. The number of benzene rings is 1. The summed E-state index contributed by atoms with van der Waals surface area (Å²) in [6.07, 6.45) is 0. The van der Waals surface area contributed by atoms with Crippen molar-refractivity contribution in [3.8, 4) is 0 Å². The number of aryl methyl sites for hydroxylation is 1. The average Bonchev–Trinajstić information content (AvgIpc) is 2.72. The third-order valence-corrected chi connectivity index (χ3v) is 4.53. The van der Waals surface area contributed by atoms with E-state index in [9.17, 15) is 4.39 Å². The molecule has 1 unspecified atom stereocenters. The Morgan fingerprint density at radius 1 is 1.29 bits per heavy atom. The van der Waals surface area contributed by atoms with E-state index in [1.54, 1.807) is 17.4 Å². The first-order valence-electron chi connectivity index (χ1n) is 5.31. The second-order valence-corrected chi connectivity index (χ2v) is 5.93. The maximum atomic E-state index is 13.5. The number of halogens is 2. The molecule has 1 nitrogen and oxygen atoms in total. The fourth-order valence-electron chi connectivity index (χ4n) is 1.80. The van der Waals surface area contributed by atoms with E-state index >= 15 is 0 Å². The lowest BCUT2D eigenvalue weighted by Crippen LogP contribution is -2.17. The Morgan fingerprint density at radius 3 is 2.65 bits per heavy atom. The van der Waals surface area contributed by atoms with Crippen LogP contribution in [-0.4, -0.2) is 7.05 Å². The number of rotatable bonds is 3. The van der Waals surface area contributed by atoms with Gasteiger partial charge in [0, 0.05) is 9.75 Å². The quantitative estimate of drug-likeness (QED) is 0.892. The van der Waals surface area contributed by atoms with Crippen LogP contribution in [0.2, 0.25) is 0 Å². The van der Waals surface area contributed by atoms with Gasteiger partial charge in [-0.1, -0.05) is 12.1 Å². The van der Waals surface area contributed by atoms with E-state index in [0.29, 0.717) is 4.47 Å². The molecule has 0 saturated heterocycles. The normalized spacial score (nSPS) is 12.7. The van der Waals surface area contributed by atoms with Crippen molar-refractivity contribution in [1.29, 1.82) is 0 Å². The Hall–Kier alpha value is -0.710. The van der Waals surface area contributed by atoms with Gasteiger partial charge in [-0.25, -0.2) is 4.39 Å². The Morgan fingerprint density at radius 2 is 2.06 bits per heavy atom. The number of hydrogen-bond donors (Lipinski definition) is 1. The Kier molecular flexibility index (Phi) is 3.97. The van der Waals surface area contributed by atoms with Crippen molar-refractivity contribution in [3.05, 3.63) is 55.9 Å². The van der Waals surface area contributed by atoms with Crippen LogP contribution in [0.5, 0.6) is 0 Å². The molecule has 0 bridgehead atoms. The van der Waals surface area contributed by atoms with Gasteiger partial charge in [0.25, 0.3) is 0 Å². The van der Waals surface area contributed by atoms with Gasteiger partial charge in [-0.15, -0.1) is 11.3 Å². The van der Waals surface area contributed by atoms with Crippen molar-refractivity contribution in [1.82, 2.24) is 5.32 Å². The predicted molar refractivity (Wildman–Crippen MR) is 74.1 cm³/mol. The third-order valence-electron chi connectivity index (χ3n) is 2.63. The van der Waals surface area contributed by atoms with Gasteiger partial charge in [-0.05, 0) is 53.7 Å². The summed E-state index contributed by atoms with van der Waals surface area (Å²) in [6, 6.07) is 9.32. The Labute approximate surface area is 113 Å². The molecule has 0 aliphatic heterocycles. The first kappa shape index (κ1) is 12.7. The van der Waals surface area contributed by atoms with Gasteiger partial charge < -0.3 is 5.32 Å². The van der Waals surface area contributed by atoms with E-state index in [0.717, 1.165) is 5.56 Å². The van der Waals surface area contributed by atoms with Gasteiger partial charge in [-0.3, -0.25) is 0 Å². The van der Waals surface area contributed by atoms with E-state index in [4.69, 9.17) is 0 Å². The van der Waals surface area contributed by atoms with Gasteiger partial charge in [0.2, 0.25) is 0 Å². The molecule has 1 heterocycles. The first-order valence-corrected chi connectivity index (χ1v) is 6.92. The van der Waals surface area contributed by atoms with Gasteiger partial charge in [0.05, 0.1) is 10.5 Å². The van der Waals surface area contributed by atoms with Crippen LogP contribution in [0, 0.1) is 12.7 Å². The fourth-order valence-corrected chi connectivity index (χ4v) is 3.30. The minimum absolute atomic E-state index is 0.0266. The summed E-state index contributed by atoms with van der Waals surface area (Å²) in [4.78, 5) is 2.45. The molecule has 1 N–H and O–H groups in total. The summed E-state index contributed by atoms with van der Waals surface area (Å²) in [7, 11) is 1.89. The van der Waals surface area contributed by atoms with Crippen molar-refractivity contribution in [3.63, 3.8) is 0 Å². The van der Waals surface area contributed by atoms with Crippen molar-refractivity contribution in [2.75, 3.05) is 7.05 Å². The largest absolute Gasteiger partial charge is 0.309 e. The van der Waals surface area contributed by atoms with Gasteiger partial charge in [-0.2, -0.15) is 0 Å². The Balaban J connectivity index is 2.45. The lowest BCUT2D eigenvalue weighted by Gasteiger charge is -2.17. The van der Waals surface area contributed by atoms with Gasteiger partial charge in [0.15, 0.2) is 0 Å². The number of nitrogens with one attached hydrogen (secondary N) is 1. The van der Waals surface area contributed by atoms with Crippen LogP contribution >= 0.6 is 27.3 Å². The number of hydrogen-bond acceptors (Lipinski definition) is 2. The summed E-state index contributed by atoms with van der Waals surface area (Å²) in [5, 5.41) is 3.23. The van der Waals surface area contributed by atoms with Crippen LogP contribution in [0.25, 0.3) is 0 Å². The molecule has 2 aromatic rings. The molecule has 90 valence electrons. The van der Waals surface area contributed by atoms with Crippen molar-refractivity contribution >= 4 is 27.3 Å². The Bertz CT molecular complexity index is 524. The van der Waals surface area contributed by atoms with Crippen LogP contribution in [0.1, 0.15) is 21.4 Å². The molecule has 2 rings (SSSR count). The zero-order valence-corrected chi connectivity index (χ0v) is 12.0. The molecule has 0 spiro atoms. The third kappa shape index (κ3) is 2.59.